The van der Waals surface area contributed by atoms with Gasteiger partial charge in [-0.05, 0) is 36.8 Å². The molecule has 1 fully saturated rings. The number of halogens is 2. The van der Waals surface area contributed by atoms with Crippen molar-refractivity contribution in [1.29, 1.82) is 0 Å². The summed E-state index contributed by atoms with van der Waals surface area (Å²) in [4.78, 5) is 0. The molecule has 0 N–H and O–H groups in total. The average molecular weight is 217 g/mol. The van der Waals surface area contributed by atoms with E-state index in [1.807, 2.05) is 12.2 Å². The van der Waals surface area contributed by atoms with E-state index in [2.05, 4.69) is 13.5 Å². The van der Waals surface area contributed by atoms with Crippen molar-refractivity contribution >= 4 is 23.2 Å². The fraction of sp³-hybridized carbons (Fsp3) is 0.455. The second-order valence-electron chi connectivity index (χ2n) is 3.80. The maximum atomic E-state index is 5.85. The van der Waals surface area contributed by atoms with Crippen LogP contribution in [0.5, 0.6) is 0 Å². The molecule has 72 valence electrons. The maximum absolute atomic E-state index is 5.85. The van der Waals surface area contributed by atoms with E-state index in [0.29, 0.717) is 15.5 Å². The highest BCUT2D eigenvalue weighted by Gasteiger charge is 2.38. The predicted molar refractivity (Wildman–Crippen MR) is 60.0 cm³/mol. The minimum atomic E-state index is 0.327. The summed E-state index contributed by atoms with van der Waals surface area (Å²) in [6, 6.07) is 0. The molecule has 13 heavy (non-hydrogen) atoms. The van der Waals surface area contributed by atoms with E-state index in [9.17, 15) is 0 Å². The van der Waals surface area contributed by atoms with Gasteiger partial charge in [-0.1, -0.05) is 42.8 Å². The molecule has 0 heterocycles. The van der Waals surface area contributed by atoms with Crippen molar-refractivity contribution in [1.82, 2.24) is 0 Å². The lowest BCUT2D eigenvalue weighted by molar-refractivity contribution is 0.712. The lowest BCUT2D eigenvalue weighted by Gasteiger charge is -2.06. The molecular weight excluding hydrogens is 203 g/mol. The first-order valence-electron chi connectivity index (χ1n) is 4.35. The normalized spacial score (nSPS) is 21.5. The Hall–Kier alpha value is -0.200. The fourth-order valence-corrected chi connectivity index (χ4v) is 1.12. The molecular formula is C11H14Cl2. The van der Waals surface area contributed by atoms with E-state index >= 15 is 0 Å². The zero-order valence-electron chi connectivity index (χ0n) is 8.03. The van der Waals surface area contributed by atoms with Crippen LogP contribution in [0, 0.1) is 5.41 Å². The van der Waals surface area contributed by atoms with Crippen molar-refractivity contribution in [3.8, 4) is 0 Å². The summed E-state index contributed by atoms with van der Waals surface area (Å²) in [5.41, 5.74) is 1.47. The van der Waals surface area contributed by atoms with Gasteiger partial charge in [0.1, 0.15) is 0 Å². The van der Waals surface area contributed by atoms with Crippen molar-refractivity contribution < 1.29 is 0 Å². The monoisotopic (exact) mass is 216 g/mol. The van der Waals surface area contributed by atoms with Crippen LogP contribution >= 0.6 is 23.2 Å². The average Bonchev–Trinajstić information content (AvgIpc) is 2.79. The Balaban J connectivity index is 2.59. The van der Waals surface area contributed by atoms with E-state index in [0.717, 1.165) is 5.57 Å². The first-order valence-corrected chi connectivity index (χ1v) is 5.11. The van der Waals surface area contributed by atoms with Gasteiger partial charge in [-0.25, -0.2) is 0 Å². The number of hydrogen-bond acceptors (Lipinski definition) is 0. The molecule has 2 heteroatoms. The maximum Gasteiger partial charge on any atom is 0.0548 e. The van der Waals surface area contributed by atoms with E-state index in [4.69, 9.17) is 23.2 Å². The van der Waals surface area contributed by atoms with Crippen molar-refractivity contribution in [2.75, 3.05) is 0 Å². The van der Waals surface area contributed by atoms with Crippen molar-refractivity contribution in [2.45, 2.75) is 26.7 Å². The third kappa shape index (κ3) is 2.89. The van der Waals surface area contributed by atoms with Gasteiger partial charge in [0.2, 0.25) is 0 Å². The summed E-state index contributed by atoms with van der Waals surface area (Å²) in [6.45, 7) is 8.00. The molecule has 0 saturated heterocycles. The second-order valence-corrected chi connectivity index (χ2v) is 4.77. The number of allylic oxidation sites excluding steroid dienone is 5. The van der Waals surface area contributed by atoms with Crippen molar-refractivity contribution in [3.63, 3.8) is 0 Å². The summed E-state index contributed by atoms with van der Waals surface area (Å²) in [5.74, 6) is 0. The van der Waals surface area contributed by atoms with Gasteiger partial charge in [-0.15, -0.1) is 0 Å². The molecule has 0 atom stereocenters. The molecule has 1 rings (SSSR count). The van der Waals surface area contributed by atoms with E-state index in [1.165, 1.54) is 12.8 Å². The Morgan fingerprint density at radius 1 is 1.31 bits per heavy atom. The zero-order chi connectivity index (χ0) is 10.1. The fourth-order valence-electron chi connectivity index (χ4n) is 0.998. The van der Waals surface area contributed by atoms with E-state index < -0.39 is 0 Å². The third-order valence-electron chi connectivity index (χ3n) is 2.54. The topological polar surface area (TPSA) is 0 Å². The highest BCUT2D eigenvalue weighted by molar-refractivity contribution is 6.39. The van der Waals surface area contributed by atoms with Gasteiger partial charge in [-0.3, -0.25) is 0 Å². The molecule has 0 bridgehead atoms. The Morgan fingerprint density at radius 3 is 2.23 bits per heavy atom. The number of rotatable bonds is 3. The first kappa shape index (κ1) is 10.9. The van der Waals surface area contributed by atoms with Gasteiger partial charge < -0.3 is 0 Å². The molecule has 0 radical (unpaired) electrons. The first-order chi connectivity index (χ1) is 5.96. The van der Waals surface area contributed by atoms with E-state index in [-0.39, 0.29) is 0 Å². The van der Waals surface area contributed by atoms with Gasteiger partial charge in [0, 0.05) is 5.03 Å². The molecule has 0 spiro atoms. The van der Waals surface area contributed by atoms with Crippen LogP contribution in [0.3, 0.4) is 0 Å². The van der Waals surface area contributed by atoms with Gasteiger partial charge in [0.25, 0.3) is 0 Å². The highest BCUT2D eigenvalue weighted by atomic mass is 35.5. The molecule has 0 aromatic rings. The van der Waals surface area contributed by atoms with Crippen LogP contribution < -0.4 is 0 Å². The summed E-state index contributed by atoms with van der Waals surface area (Å²) >= 11 is 11.6. The Morgan fingerprint density at radius 2 is 1.85 bits per heavy atom. The minimum absolute atomic E-state index is 0.327. The number of hydrogen-bond donors (Lipinski definition) is 0. The van der Waals surface area contributed by atoms with Crippen LogP contribution in [0.1, 0.15) is 26.7 Å². The smallest absolute Gasteiger partial charge is 0.0548 e. The van der Waals surface area contributed by atoms with Crippen LogP contribution in [0.25, 0.3) is 0 Å². The minimum Gasteiger partial charge on any atom is -0.0953 e. The van der Waals surface area contributed by atoms with Crippen molar-refractivity contribution in [2.24, 2.45) is 5.41 Å². The molecule has 0 aromatic carbocycles. The molecule has 0 amide bonds. The molecule has 1 aliphatic carbocycles. The van der Waals surface area contributed by atoms with Gasteiger partial charge in [-0.2, -0.15) is 0 Å². The van der Waals surface area contributed by atoms with Crippen LogP contribution in [0.2, 0.25) is 0 Å². The summed E-state index contributed by atoms with van der Waals surface area (Å²) in [6.07, 6.45) is 6.24. The molecule has 0 nitrogen and oxygen atoms in total. The summed E-state index contributed by atoms with van der Waals surface area (Å²) in [5, 5.41) is 1.21. The summed E-state index contributed by atoms with van der Waals surface area (Å²) < 4.78 is 0. The lowest BCUT2D eigenvalue weighted by Crippen LogP contribution is -1.93. The van der Waals surface area contributed by atoms with Gasteiger partial charge >= 0.3 is 0 Å². The molecule has 1 saturated carbocycles. The van der Waals surface area contributed by atoms with Crippen molar-refractivity contribution in [3.05, 3.63) is 34.4 Å². The quantitative estimate of drug-likeness (QED) is 0.605. The Bertz CT molecular complexity index is 276. The summed E-state index contributed by atoms with van der Waals surface area (Å²) in [7, 11) is 0. The molecule has 0 aliphatic heterocycles. The van der Waals surface area contributed by atoms with Crippen LogP contribution in [-0.2, 0) is 0 Å². The third-order valence-corrected chi connectivity index (χ3v) is 3.24. The standard InChI is InChI=1S/C11H14Cl2/c1-8(11(3)6-7-11)4-5-10(13)9(2)12/h4-5H,1,6-7H2,2-3H3/b5-4-,10-9-. The van der Waals surface area contributed by atoms with E-state index in [1.54, 1.807) is 6.92 Å². The molecule has 1 aliphatic rings. The molecule has 0 unspecified atom stereocenters. The molecule has 0 aromatic heterocycles. The zero-order valence-corrected chi connectivity index (χ0v) is 9.54. The van der Waals surface area contributed by atoms with Crippen LogP contribution in [0.15, 0.2) is 34.4 Å². The Kier molecular flexibility index (Phi) is 3.26. The van der Waals surface area contributed by atoms with Crippen LogP contribution in [0.4, 0.5) is 0 Å². The SMILES string of the molecule is C=C(/C=C\C(Cl)=C(/C)Cl)C1(C)CC1. The van der Waals surface area contributed by atoms with Crippen LogP contribution in [-0.4, -0.2) is 0 Å². The largest absolute Gasteiger partial charge is 0.0953 e. The lowest BCUT2D eigenvalue weighted by atomic mass is 10.00. The van der Waals surface area contributed by atoms with Gasteiger partial charge in [0.05, 0.1) is 5.03 Å². The van der Waals surface area contributed by atoms with Gasteiger partial charge in [0.15, 0.2) is 0 Å². The highest BCUT2D eigenvalue weighted by Crippen LogP contribution is 2.51. The predicted octanol–water partition coefficient (Wildman–Crippen LogP) is 4.61. The second kappa shape index (κ2) is 3.89. The Labute approximate surface area is 89.9 Å².